The van der Waals surface area contributed by atoms with Crippen molar-refractivity contribution in [3.8, 4) is 0 Å². The van der Waals surface area contributed by atoms with E-state index in [-0.39, 0.29) is 23.7 Å². The quantitative estimate of drug-likeness (QED) is 0.904. The minimum atomic E-state index is 0. The molecule has 0 fully saturated rings. The van der Waals surface area contributed by atoms with Gasteiger partial charge in [-0.1, -0.05) is 26.8 Å². The number of amides is 1. The Bertz CT molecular complexity index is 480. The SMILES string of the molecule is CN(CC(C)(C)C)C(=O)c1cccc2c1CCCN2.Cl. The number of carbonyl (C=O) groups excluding carboxylic acids is 1. The highest BCUT2D eigenvalue weighted by Crippen LogP contribution is 2.26. The first kappa shape index (κ1) is 16.8. The molecule has 0 bridgehead atoms. The Morgan fingerprint density at radius 2 is 2.05 bits per heavy atom. The van der Waals surface area contributed by atoms with E-state index in [0.29, 0.717) is 0 Å². The molecule has 112 valence electrons. The van der Waals surface area contributed by atoms with Crippen molar-refractivity contribution in [2.24, 2.45) is 5.41 Å². The molecular formula is C16H25ClN2O. The number of nitrogens with zero attached hydrogens (tertiary/aromatic N) is 1. The molecule has 0 atom stereocenters. The van der Waals surface area contributed by atoms with Crippen LogP contribution in [0.15, 0.2) is 18.2 Å². The van der Waals surface area contributed by atoms with Gasteiger partial charge >= 0.3 is 0 Å². The van der Waals surface area contributed by atoms with Gasteiger partial charge in [-0.2, -0.15) is 0 Å². The summed E-state index contributed by atoms with van der Waals surface area (Å²) >= 11 is 0. The predicted octanol–water partition coefficient (Wildman–Crippen LogP) is 3.58. The van der Waals surface area contributed by atoms with Crippen LogP contribution in [-0.4, -0.2) is 30.9 Å². The number of carbonyl (C=O) groups is 1. The van der Waals surface area contributed by atoms with Gasteiger partial charge in [0.2, 0.25) is 0 Å². The van der Waals surface area contributed by atoms with Crippen LogP contribution in [0, 0.1) is 5.41 Å². The second-order valence-corrected chi connectivity index (χ2v) is 6.58. The Kier molecular flexibility index (Phi) is 5.46. The van der Waals surface area contributed by atoms with Crippen molar-refractivity contribution in [2.75, 3.05) is 25.5 Å². The number of rotatable bonds is 2. The molecule has 1 aliphatic heterocycles. The van der Waals surface area contributed by atoms with Crippen LogP contribution in [0.2, 0.25) is 0 Å². The Hall–Kier alpha value is -1.22. The Labute approximate surface area is 128 Å². The molecule has 0 aliphatic carbocycles. The first-order valence-electron chi connectivity index (χ1n) is 7.00. The average molecular weight is 297 g/mol. The summed E-state index contributed by atoms with van der Waals surface area (Å²) in [6.45, 7) is 8.22. The van der Waals surface area contributed by atoms with Gasteiger partial charge in [0.25, 0.3) is 5.91 Å². The number of nitrogens with one attached hydrogen (secondary N) is 1. The van der Waals surface area contributed by atoms with Crippen LogP contribution in [0.4, 0.5) is 5.69 Å². The minimum Gasteiger partial charge on any atom is -0.385 e. The zero-order chi connectivity index (χ0) is 14.0. The van der Waals surface area contributed by atoms with Crippen LogP contribution < -0.4 is 5.32 Å². The Morgan fingerprint density at radius 3 is 2.70 bits per heavy atom. The van der Waals surface area contributed by atoms with Gasteiger partial charge in [-0.05, 0) is 36.0 Å². The number of hydrogen-bond acceptors (Lipinski definition) is 2. The van der Waals surface area contributed by atoms with Crippen molar-refractivity contribution in [2.45, 2.75) is 33.6 Å². The Balaban J connectivity index is 0.00000200. The molecule has 0 spiro atoms. The largest absolute Gasteiger partial charge is 0.385 e. The lowest BCUT2D eigenvalue weighted by molar-refractivity contribution is 0.0744. The van der Waals surface area contributed by atoms with E-state index in [0.717, 1.165) is 37.2 Å². The number of hydrogen-bond donors (Lipinski definition) is 1. The van der Waals surface area contributed by atoms with Gasteiger partial charge in [0.15, 0.2) is 0 Å². The molecule has 1 aliphatic rings. The minimum absolute atomic E-state index is 0. The highest BCUT2D eigenvalue weighted by Gasteiger charge is 2.22. The molecule has 20 heavy (non-hydrogen) atoms. The third-order valence-corrected chi connectivity index (χ3v) is 3.38. The fraction of sp³-hybridized carbons (Fsp3) is 0.562. The summed E-state index contributed by atoms with van der Waals surface area (Å²) in [5, 5.41) is 3.37. The van der Waals surface area contributed by atoms with E-state index in [2.05, 4.69) is 32.2 Å². The van der Waals surface area contributed by atoms with Crippen LogP contribution in [0.3, 0.4) is 0 Å². The van der Waals surface area contributed by atoms with Crippen LogP contribution in [0.1, 0.15) is 43.1 Å². The van der Waals surface area contributed by atoms with Crippen LogP contribution in [0.5, 0.6) is 0 Å². The summed E-state index contributed by atoms with van der Waals surface area (Å²) in [6, 6.07) is 5.98. The summed E-state index contributed by atoms with van der Waals surface area (Å²) in [6.07, 6.45) is 2.09. The standard InChI is InChI=1S/C16H24N2O.ClH/c1-16(2,3)11-18(4)15(19)13-7-5-9-14-12(13)8-6-10-17-14;/h5,7,9,17H,6,8,10-11H2,1-4H3;1H. The lowest BCUT2D eigenvalue weighted by Crippen LogP contribution is -2.35. The summed E-state index contributed by atoms with van der Waals surface area (Å²) in [5.74, 6) is 0.135. The second kappa shape index (κ2) is 6.49. The van der Waals surface area contributed by atoms with Crippen LogP contribution >= 0.6 is 12.4 Å². The topological polar surface area (TPSA) is 32.3 Å². The lowest BCUT2D eigenvalue weighted by Gasteiger charge is -2.28. The van der Waals surface area contributed by atoms with Crippen LogP contribution in [-0.2, 0) is 6.42 Å². The second-order valence-electron chi connectivity index (χ2n) is 6.58. The van der Waals surface area contributed by atoms with E-state index in [1.165, 1.54) is 5.56 Å². The van der Waals surface area contributed by atoms with Gasteiger partial charge in [-0.3, -0.25) is 4.79 Å². The van der Waals surface area contributed by atoms with Gasteiger partial charge in [0.05, 0.1) is 0 Å². The van der Waals surface area contributed by atoms with Crippen molar-refractivity contribution in [3.05, 3.63) is 29.3 Å². The first-order chi connectivity index (χ1) is 8.88. The monoisotopic (exact) mass is 296 g/mol. The van der Waals surface area contributed by atoms with Crippen LogP contribution in [0.25, 0.3) is 0 Å². The molecule has 0 unspecified atom stereocenters. The zero-order valence-electron chi connectivity index (χ0n) is 12.8. The summed E-state index contributed by atoms with van der Waals surface area (Å²) in [4.78, 5) is 14.4. The van der Waals surface area contributed by atoms with Crippen molar-refractivity contribution in [1.29, 1.82) is 0 Å². The van der Waals surface area contributed by atoms with Gasteiger partial charge in [-0.25, -0.2) is 0 Å². The smallest absolute Gasteiger partial charge is 0.253 e. The van der Waals surface area contributed by atoms with E-state index in [9.17, 15) is 4.79 Å². The van der Waals surface area contributed by atoms with Crippen molar-refractivity contribution < 1.29 is 4.79 Å². The maximum atomic E-state index is 12.6. The van der Waals surface area contributed by atoms with E-state index in [1.807, 2.05) is 24.1 Å². The number of anilines is 1. The highest BCUT2D eigenvalue weighted by atomic mass is 35.5. The average Bonchev–Trinajstić information content (AvgIpc) is 2.35. The fourth-order valence-electron chi connectivity index (χ4n) is 2.70. The van der Waals surface area contributed by atoms with Gasteiger partial charge in [0.1, 0.15) is 0 Å². The van der Waals surface area contributed by atoms with E-state index < -0.39 is 0 Å². The van der Waals surface area contributed by atoms with E-state index in [4.69, 9.17) is 0 Å². The van der Waals surface area contributed by atoms with Crippen molar-refractivity contribution in [3.63, 3.8) is 0 Å². The lowest BCUT2D eigenvalue weighted by atomic mass is 9.94. The fourth-order valence-corrected chi connectivity index (χ4v) is 2.70. The Morgan fingerprint density at radius 1 is 1.35 bits per heavy atom. The molecule has 4 heteroatoms. The normalized spacial score (nSPS) is 13.8. The molecule has 1 aromatic rings. The number of benzene rings is 1. The molecular weight excluding hydrogens is 272 g/mol. The molecule has 0 aromatic heterocycles. The van der Waals surface area contributed by atoms with Gasteiger partial charge in [0, 0.05) is 31.4 Å². The molecule has 3 nitrogen and oxygen atoms in total. The van der Waals surface area contributed by atoms with E-state index >= 15 is 0 Å². The third kappa shape index (κ3) is 3.89. The van der Waals surface area contributed by atoms with Crippen molar-refractivity contribution in [1.82, 2.24) is 4.90 Å². The van der Waals surface area contributed by atoms with Crippen molar-refractivity contribution >= 4 is 24.0 Å². The summed E-state index contributed by atoms with van der Waals surface area (Å²) in [5.41, 5.74) is 3.29. The zero-order valence-corrected chi connectivity index (χ0v) is 13.6. The molecule has 0 saturated heterocycles. The van der Waals surface area contributed by atoms with E-state index in [1.54, 1.807) is 0 Å². The molecule has 1 N–H and O–H groups in total. The molecule has 1 amide bonds. The summed E-state index contributed by atoms with van der Waals surface area (Å²) in [7, 11) is 1.89. The maximum Gasteiger partial charge on any atom is 0.253 e. The van der Waals surface area contributed by atoms with Gasteiger partial charge in [-0.15, -0.1) is 12.4 Å². The molecule has 0 saturated carbocycles. The summed E-state index contributed by atoms with van der Waals surface area (Å²) < 4.78 is 0. The molecule has 0 radical (unpaired) electrons. The number of halogens is 1. The molecule has 2 rings (SSSR count). The van der Waals surface area contributed by atoms with Gasteiger partial charge < -0.3 is 10.2 Å². The first-order valence-corrected chi connectivity index (χ1v) is 7.00. The third-order valence-electron chi connectivity index (χ3n) is 3.38. The maximum absolute atomic E-state index is 12.6. The molecule has 1 heterocycles. The highest BCUT2D eigenvalue weighted by molar-refractivity contribution is 5.97. The molecule has 1 aromatic carbocycles. The predicted molar refractivity (Wildman–Crippen MR) is 86.9 cm³/mol. The number of fused-ring (bicyclic) bond motifs is 1.